The minimum atomic E-state index is -3.44. The second-order valence-corrected chi connectivity index (χ2v) is 6.79. The summed E-state index contributed by atoms with van der Waals surface area (Å²) in [4.78, 5) is 25.3. The Morgan fingerprint density at radius 1 is 1.10 bits per heavy atom. The predicted molar refractivity (Wildman–Crippen MR) is 105 cm³/mol. The molecule has 3 aromatic rings. The number of amides is 1. The van der Waals surface area contributed by atoms with Crippen molar-refractivity contribution < 1.29 is 27.5 Å². The summed E-state index contributed by atoms with van der Waals surface area (Å²) in [6, 6.07) is 9.31. The van der Waals surface area contributed by atoms with Crippen molar-refractivity contribution in [2.24, 2.45) is 0 Å². The van der Waals surface area contributed by atoms with E-state index >= 15 is 0 Å². The van der Waals surface area contributed by atoms with Gasteiger partial charge in [-0.2, -0.15) is 9.78 Å². The van der Waals surface area contributed by atoms with Crippen molar-refractivity contribution in [1.29, 1.82) is 0 Å². The molecular weight excluding hydrogens is 442 g/mol. The molecule has 1 heterocycles. The Bertz CT molecular complexity index is 1150. The smallest absolute Gasteiger partial charge is 0.284 e. The molecular formula is C20H14ClF4N3O3. The summed E-state index contributed by atoms with van der Waals surface area (Å²) in [5.74, 6) is -2.05. The molecule has 0 fully saturated rings. The number of halogens is 5. The van der Waals surface area contributed by atoms with E-state index in [1.807, 2.05) is 0 Å². The van der Waals surface area contributed by atoms with Crippen LogP contribution >= 0.6 is 11.6 Å². The third-order valence-corrected chi connectivity index (χ3v) is 4.47. The molecule has 3 rings (SSSR count). The molecule has 1 amide bonds. The Hall–Kier alpha value is -3.24. The predicted octanol–water partition coefficient (Wildman–Crippen LogP) is 3.34. The van der Waals surface area contributed by atoms with Gasteiger partial charge in [-0.25, -0.2) is 17.6 Å². The number of aliphatic hydroxyl groups excluding tert-OH is 1. The van der Waals surface area contributed by atoms with Crippen LogP contribution in [0.2, 0.25) is 5.02 Å². The first-order chi connectivity index (χ1) is 14.7. The summed E-state index contributed by atoms with van der Waals surface area (Å²) in [6.45, 7) is 0. The van der Waals surface area contributed by atoms with Crippen molar-refractivity contribution in [2.75, 3.05) is 0 Å². The van der Waals surface area contributed by atoms with Gasteiger partial charge in [-0.3, -0.25) is 9.59 Å². The van der Waals surface area contributed by atoms with E-state index in [9.17, 15) is 27.2 Å². The molecule has 0 bridgehead atoms. The highest BCUT2D eigenvalue weighted by molar-refractivity contribution is 6.30. The van der Waals surface area contributed by atoms with E-state index in [1.165, 1.54) is 36.4 Å². The van der Waals surface area contributed by atoms with Crippen molar-refractivity contribution in [1.82, 2.24) is 15.1 Å². The summed E-state index contributed by atoms with van der Waals surface area (Å²) in [5.41, 5.74) is -1.32. The molecule has 0 aliphatic carbocycles. The number of carbonyl (C=O) groups excluding carboxylic acids is 1. The number of alkyl halides is 3. The normalized spacial score (nSPS) is 13.1. The average Bonchev–Trinajstić information content (AvgIpc) is 2.72. The van der Waals surface area contributed by atoms with E-state index in [0.717, 1.165) is 18.2 Å². The van der Waals surface area contributed by atoms with Gasteiger partial charge in [0.25, 0.3) is 17.9 Å². The van der Waals surface area contributed by atoms with Crippen LogP contribution in [0.1, 0.15) is 10.4 Å². The first-order valence-electron chi connectivity index (χ1n) is 8.75. The average molecular weight is 456 g/mol. The quantitative estimate of drug-likeness (QED) is 0.558. The molecule has 6 nitrogen and oxygen atoms in total. The standard InChI is InChI=1S/C20H14ClF4N3O3/c21-11-6-4-10(5-7-11)15-9-14(19(30)26-16(17(23)24)18(25)29)20(31)28(27-15)13-3-1-2-12(22)8-13/h1-9,16-18,29H,(H,26,30)/t16-,18?/m0/s1. The number of hydrogen-bond acceptors (Lipinski definition) is 4. The minimum absolute atomic E-state index is 0.0363. The van der Waals surface area contributed by atoms with Crippen molar-refractivity contribution in [3.63, 3.8) is 0 Å². The Morgan fingerprint density at radius 2 is 1.77 bits per heavy atom. The van der Waals surface area contributed by atoms with Gasteiger partial charge < -0.3 is 10.4 Å². The highest BCUT2D eigenvalue weighted by atomic mass is 35.5. The maximum Gasteiger partial charge on any atom is 0.284 e. The highest BCUT2D eigenvalue weighted by Gasteiger charge is 2.31. The molecule has 2 aromatic carbocycles. The summed E-state index contributed by atoms with van der Waals surface area (Å²) >= 11 is 5.86. The maximum absolute atomic E-state index is 13.7. The third-order valence-electron chi connectivity index (χ3n) is 4.21. The zero-order valence-electron chi connectivity index (χ0n) is 15.5. The molecule has 0 saturated carbocycles. The molecule has 2 N–H and O–H groups in total. The van der Waals surface area contributed by atoms with Crippen LogP contribution in [0.25, 0.3) is 16.9 Å². The second kappa shape index (κ2) is 9.27. The van der Waals surface area contributed by atoms with E-state index in [0.29, 0.717) is 15.3 Å². The fraction of sp³-hybridized carbons (Fsp3) is 0.150. The fourth-order valence-electron chi connectivity index (χ4n) is 2.68. The molecule has 2 atom stereocenters. The lowest BCUT2D eigenvalue weighted by Crippen LogP contribution is -2.48. The summed E-state index contributed by atoms with van der Waals surface area (Å²) in [5, 5.41) is 15.0. The molecule has 1 unspecified atom stereocenters. The number of nitrogens with zero attached hydrogens (tertiary/aromatic N) is 2. The molecule has 0 radical (unpaired) electrons. The van der Waals surface area contributed by atoms with Crippen LogP contribution in [-0.4, -0.2) is 39.6 Å². The number of carbonyl (C=O) groups is 1. The topological polar surface area (TPSA) is 84.2 Å². The summed E-state index contributed by atoms with van der Waals surface area (Å²) < 4.78 is 53.3. The van der Waals surface area contributed by atoms with Gasteiger partial charge in [0.1, 0.15) is 17.4 Å². The third kappa shape index (κ3) is 5.09. The number of rotatable bonds is 6. The Labute approximate surface area is 177 Å². The van der Waals surface area contributed by atoms with Gasteiger partial charge in [0.05, 0.1) is 11.4 Å². The van der Waals surface area contributed by atoms with E-state index in [4.69, 9.17) is 16.7 Å². The molecule has 11 heteroatoms. The maximum atomic E-state index is 13.7. The molecule has 31 heavy (non-hydrogen) atoms. The Balaban J connectivity index is 2.16. The second-order valence-electron chi connectivity index (χ2n) is 6.35. The number of hydrogen-bond donors (Lipinski definition) is 2. The molecule has 162 valence electrons. The minimum Gasteiger partial charge on any atom is -0.362 e. The zero-order chi connectivity index (χ0) is 22.7. The van der Waals surface area contributed by atoms with E-state index in [-0.39, 0.29) is 11.4 Å². The van der Waals surface area contributed by atoms with E-state index in [1.54, 1.807) is 5.32 Å². The first-order valence-corrected chi connectivity index (χ1v) is 9.12. The van der Waals surface area contributed by atoms with Crippen LogP contribution in [0.3, 0.4) is 0 Å². The van der Waals surface area contributed by atoms with Crippen LogP contribution < -0.4 is 10.9 Å². The number of nitrogens with one attached hydrogen (secondary N) is 1. The lowest BCUT2D eigenvalue weighted by atomic mass is 10.1. The van der Waals surface area contributed by atoms with Gasteiger partial charge >= 0.3 is 0 Å². The van der Waals surface area contributed by atoms with Crippen LogP contribution in [0.5, 0.6) is 0 Å². The van der Waals surface area contributed by atoms with Crippen molar-refractivity contribution >= 4 is 17.5 Å². The van der Waals surface area contributed by atoms with Crippen LogP contribution in [0, 0.1) is 5.82 Å². The van der Waals surface area contributed by atoms with Crippen molar-refractivity contribution in [2.45, 2.75) is 18.8 Å². The van der Waals surface area contributed by atoms with Gasteiger partial charge in [-0.1, -0.05) is 29.8 Å². The van der Waals surface area contributed by atoms with Crippen LogP contribution in [0.15, 0.2) is 59.4 Å². The lowest BCUT2D eigenvalue weighted by Gasteiger charge is -2.18. The lowest BCUT2D eigenvalue weighted by molar-refractivity contribution is -0.0481. The van der Waals surface area contributed by atoms with Crippen molar-refractivity contribution in [3.8, 4) is 16.9 Å². The zero-order valence-corrected chi connectivity index (χ0v) is 16.2. The molecule has 0 spiro atoms. The SMILES string of the molecule is O=C(N[C@H](C(O)F)C(F)F)c1cc(-c2ccc(Cl)cc2)nn(-c2cccc(F)c2)c1=O. The number of aliphatic hydroxyl groups is 1. The number of aromatic nitrogens is 2. The van der Waals surface area contributed by atoms with E-state index in [2.05, 4.69) is 5.10 Å². The van der Waals surface area contributed by atoms with E-state index < -0.39 is 41.7 Å². The first kappa shape index (κ1) is 22.4. The summed E-state index contributed by atoms with van der Waals surface area (Å²) in [6.07, 6.45) is -6.50. The molecule has 0 saturated heterocycles. The van der Waals surface area contributed by atoms with Gasteiger partial charge in [-0.15, -0.1) is 0 Å². The fourth-order valence-corrected chi connectivity index (χ4v) is 2.81. The molecule has 1 aromatic heterocycles. The van der Waals surface area contributed by atoms with Gasteiger partial charge in [-0.05, 0) is 36.4 Å². The molecule has 0 aliphatic heterocycles. The van der Waals surface area contributed by atoms with Gasteiger partial charge in [0.15, 0.2) is 0 Å². The summed E-state index contributed by atoms with van der Waals surface area (Å²) in [7, 11) is 0. The number of benzene rings is 2. The Morgan fingerprint density at radius 3 is 2.35 bits per heavy atom. The Kier molecular flexibility index (Phi) is 6.71. The monoisotopic (exact) mass is 455 g/mol. The van der Waals surface area contributed by atoms with Crippen LogP contribution in [-0.2, 0) is 0 Å². The van der Waals surface area contributed by atoms with Crippen LogP contribution in [0.4, 0.5) is 17.6 Å². The van der Waals surface area contributed by atoms with Crippen molar-refractivity contribution in [3.05, 3.63) is 81.4 Å². The molecule has 0 aliphatic rings. The highest BCUT2D eigenvalue weighted by Crippen LogP contribution is 2.21. The van der Waals surface area contributed by atoms with Gasteiger partial charge in [0, 0.05) is 10.6 Å². The largest absolute Gasteiger partial charge is 0.362 e. The van der Waals surface area contributed by atoms with Gasteiger partial charge in [0.2, 0.25) is 6.36 Å².